The van der Waals surface area contributed by atoms with Crippen molar-refractivity contribution in [2.75, 3.05) is 25.4 Å². The summed E-state index contributed by atoms with van der Waals surface area (Å²) in [6.07, 6.45) is 8.27. The third-order valence-electron chi connectivity index (χ3n) is 5.06. The van der Waals surface area contributed by atoms with Crippen molar-refractivity contribution in [1.29, 1.82) is 0 Å². The van der Waals surface area contributed by atoms with Gasteiger partial charge in [0.25, 0.3) is 0 Å². The van der Waals surface area contributed by atoms with Crippen molar-refractivity contribution in [3.05, 3.63) is 0 Å². The van der Waals surface area contributed by atoms with Crippen molar-refractivity contribution in [2.45, 2.75) is 64.0 Å². The molecule has 3 aliphatic rings. The molecule has 1 heterocycles. The van der Waals surface area contributed by atoms with E-state index in [-0.39, 0.29) is 0 Å². The maximum Gasteiger partial charge on any atom is 0.157 e. The molecule has 3 rings (SSSR count). The Morgan fingerprint density at radius 3 is 2.95 bits per heavy atom. The van der Waals surface area contributed by atoms with Crippen molar-refractivity contribution >= 4 is 16.9 Å². The van der Waals surface area contributed by atoms with Crippen LogP contribution in [-0.2, 0) is 0 Å². The molecule has 0 bridgehead atoms. The first kappa shape index (κ1) is 14.7. The monoisotopic (exact) mass is 295 g/mol. The number of nitrogens with zero attached hydrogens (tertiary/aromatic N) is 2. The number of hydrogen-bond donors (Lipinski definition) is 1. The van der Waals surface area contributed by atoms with Gasteiger partial charge in [0.05, 0.1) is 6.54 Å². The Morgan fingerprint density at radius 1 is 1.40 bits per heavy atom. The molecule has 0 amide bonds. The van der Waals surface area contributed by atoms with Gasteiger partial charge in [0.2, 0.25) is 0 Å². The van der Waals surface area contributed by atoms with Gasteiger partial charge in [-0.1, -0.05) is 38.5 Å². The minimum absolute atomic E-state index is 0.377. The Kier molecular flexibility index (Phi) is 4.61. The largest absolute Gasteiger partial charge is 0.359 e. The normalized spacial score (nSPS) is 36.0. The van der Waals surface area contributed by atoms with Gasteiger partial charge in [-0.2, -0.15) is 0 Å². The molecule has 0 aromatic heterocycles. The number of likely N-dealkylation sites (N-methyl/N-ethyl adjacent to an activating group) is 1. The molecule has 2 unspecified atom stereocenters. The van der Waals surface area contributed by atoms with Gasteiger partial charge in [-0.05, 0) is 38.1 Å². The molecule has 0 radical (unpaired) electrons. The summed E-state index contributed by atoms with van der Waals surface area (Å²) in [4.78, 5) is 7.41. The Labute approximate surface area is 128 Å². The summed E-state index contributed by atoms with van der Waals surface area (Å²) in [6.45, 7) is 7.95. The number of hydrogen-bond acceptors (Lipinski definition) is 3. The molecule has 2 saturated carbocycles. The molecule has 1 spiro atoms. The molecule has 3 nitrogen and oxygen atoms in total. The summed E-state index contributed by atoms with van der Waals surface area (Å²) in [6, 6.07) is 0.870. The maximum absolute atomic E-state index is 4.82. The van der Waals surface area contributed by atoms with Crippen LogP contribution in [0, 0.1) is 5.92 Å². The van der Waals surface area contributed by atoms with E-state index in [0.717, 1.165) is 25.0 Å². The number of rotatable bonds is 5. The van der Waals surface area contributed by atoms with Crippen molar-refractivity contribution in [1.82, 2.24) is 10.2 Å². The van der Waals surface area contributed by atoms with Crippen molar-refractivity contribution in [2.24, 2.45) is 10.9 Å². The molecule has 2 atom stereocenters. The van der Waals surface area contributed by atoms with Crippen LogP contribution in [0.2, 0.25) is 0 Å². The fourth-order valence-electron chi connectivity index (χ4n) is 3.81. The average molecular weight is 295 g/mol. The Morgan fingerprint density at radius 2 is 2.25 bits per heavy atom. The fraction of sp³-hybridized carbons (Fsp3) is 0.938. The summed E-state index contributed by atoms with van der Waals surface area (Å²) in [7, 11) is 0. The molecule has 0 aromatic carbocycles. The lowest BCUT2D eigenvalue weighted by atomic mass is 9.78. The molecular weight excluding hydrogens is 266 g/mol. The predicted molar refractivity (Wildman–Crippen MR) is 88.5 cm³/mol. The zero-order chi connectivity index (χ0) is 14.0. The van der Waals surface area contributed by atoms with Gasteiger partial charge < -0.3 is 5.32 Å². The van der Waals surface area contributed by atoms with E-state index in [1.54, 1.807) is 0 Å². The minimum atomic E-state index is 0.377. The van der Waals surface area contributed by atoms with Gasteiger partial charge in [-0.25, -0.2) is 0 Å². The van der Waals surface area contributed by atoms with Gasteiger partial charge in [-0.15, -0.1) is 0 Å². The minimum Gasteiger partial charge on any atom is -0.359 e. The highest BCUT2D eigenvalue weighted by Gasteiger charge is 2.40. The maximum atomic E-state index is 4.82. The first-order valence-electron chi connectivity index (χ1n) is 8.40. The quantitative estimate of drug-likeness (QED) is 0.844. The second kappa shape index (κ2) is 6.27. The number of amidine groups is 1. The molecule has 1 aliphatic heterocycles. The second-order valence-electron chi connectivity index (χ2n) is 6.94. The summed E-state index contributed by atoms with van der Waals surface area (Å²) < 4.78 is 0. The Hall–Kier alpha value is -0.220. The summed E-state index contributed by atoms with van der Waals surface area (Å²) in [5.74, 6) is 2.11. The van der Waals surface area contributed by atoms with E-state index < -0.39 is 0 Å². The van der Waals surface area contributed by atoms with Crippen LogP contribution >= 0.6 is 11.8 Å². The van der Waals surface area contributed by atoms with Crippen LogP contribution in [0.4, 0.5) is 0 Å². The zero-order valence-corrected chi connectivity index (χ0v) is 13.8. The molecule has 114 valence electrons. The lowest BCUT2D eigenvalue weighted by molar-refractivity contribution is 0.242. The molecule has 1 saturated heterocycles. The van der Waals surface area contributed by atoms with E-state index in [0.29, 0.717) is 5.54 Å². The van der Waals surface area contributed by atoms with Gasteiger partial charge >= 0.3 is 0 Å². The van der Waals surface area contributed by atoms with Gasteiger partial charge in [-0.3, -0.25) is 9.89 Å². The Bertz CT molecular complexity index is 367. The predicted octanol–water partition coefficient (Wildman–Crippen LogP) is 3.11. The molecule has 20 heavy (non-hydrogen) atoms. The Balaban J connectivity index is 1.47. The van der Waals surface area contributed by atoms with E-state index in [1.165, 1.54) is 56.0 Å². The first-order chi connectivity index (χ1) is 9.71. The van der Waals surface area contributed by atoms with Crippen molar-refractivity contribution < 1.29 is 0 Å². The van der Waals surface area contributed by atoms with Crippen LogP contribution in [0.1, 0.15) is 52.4 Å². The highest BCUT2D eigenvalue weighted by atomic mass is 32.2. The standard InChI is InChI=1S/C16H29N3S/c1-3-19(14-6-7-14)10-9-17-15-18-16(12-20-15)8-4-5-13(2)11-16/h13-14H,3-12H2,1-2H3,(H,17,18). The number of aliphatic imine (C=N–C) groups is 1. The smallest absolute Gasteiger partial charge is 0.157 e. The first-order valence-corrected chi connectivity index (χ1v) is 9.39. The van der Waals surface area contributed by atoms with Crippen LogP contribution in [0.3, 0.4) is 0 Å². The van der Waals surface area contributed by atoms with Crippen LogP contribution < -0.4 is 5.32 Å². The lowest BCUT2D eigenvalue weighted by Gasteiger charge is -2.36. The second-order valence-corrected chi connectivity index (χ2v) is 7.91. The molecule has 0 aromatic rings. The number of thioether (sulfide) groups is 1. The summed E-state index contributed by atoms with van der Waals surface area (Å²) in [5, 5.41) is 4.98. The van der Waals surface area contributed by atoms with E-state index in [9.17, 15) is 0 Å². The fourth-order valence-corrected chi connectivity index (χ4v) is 5.03. The average Bonchev–Trinajstić information content (AvgIpc) is 3.19. The van der Waals surface area contributed by atoms with Crippen molar-refractivity contribution in [3.63, 3.8) is 0 Å². The van der Waals surface area contributed by atoms with E-state index in [4.69, 9.17) is 4.99 Å². The van der Waals surface area contributed by atoms with E-state index in [2.05, 4.69) is 24.1 Å². The summed E-state index contributed by atoms with van der Waals surface area (Å²) >= 11 is 1.95. The van der Waals surface area contributed by atoms with Crippen LogP contribution in [0.5, 0.6) is 0 Å². The van der Waals surface area contributed by atoms with Crippen LogP contribution in [0.25, 0.3) is 0 Å². The third kappa shape index (κ3) is 3.51. The van der Waals surface area contributed by atoms with E-state index in [1.807, 2.05) is 11.8 Å². The highest BCUT2D eigenvalue weighted by molar-refractivity contribution is 8.14. The van der Waals surface area contributed by atoms with Crippen molar-refractivity contribution in [3.8, 4) is 0 Å². The van der Waals surface area contributed by atoms with Gasteiger partial charge in [0.15, 0.2) is 5.17 Å². The highest BCUT2D eigenvalue weighted by Crippen LogP contribution is 2.38. The molecule has 2 aliphatic carbocycles. The third-order valence-corrected chi connectivity index (χ3v) is 6.26. The number of nitrogens with one attached hydrogen (secondary N) is 1. The topological polar surface area (TPSA) is 27.6 Å². The molecule has 4 heteroatoms. The van der Waals surface area contributed by atoms with E-state index >= 15 is 0 Å². The lowest BCUT2D eigenvalue weighted by Crippen LogP contribution is -2.47. The molecular formula is C16H29N3S. The van der Waals surface area contributed by atoms with Crippen LogP contribution in [0.15, 0.2) is 4.99 Å². The van der Waals surface area contributed by atoms with Gasteiger partial charge in [0, 0.05) is 23.9 Å². The van der Waals surface area contributed by atoms with Gasteiger partial charge in [0.1, 0.15) is 0 Å². The SMILES string of the molecule is CCN(CCN=C1NC2(CCCC(C)C2)CS1)C1CC1. The molecule has 1 N–H and O–H groups in total. The zero-order valence-electron chi connectivity index (χ0n) is 13.0. The summed E-state index contributed by atoms with van der Waals surface area (Å²) in [5.41, 5.74) is 0.377. The molecule has 3 fully saturated rings. The van der Waals surface area contributed by atoms with Crippen LogP contribution in [-0.4, -0.2) is 47.0 Å².